The molecular weight excluding hydrogens is 222 g/mol. The molecule has 7 heteroatoms. The molecule has 1 aromatic heterocycles. The fraction of sp³-hybridized carbons (Fsp3) is 0.600. The Bertz CT molecular complexity index is 408. The number of hydrogen-bond donors (Lipinski definition) is 1. The van der Waals surface area contributed by atoms with Crippen molar-refractivity contribution in [3.05, 3.63) is 16.4 Å². The van der Waals surface area contributed by atoms with Gasteiger partial charge in [-0.15, -0.1) is 0 Å². The molecule has 0 aliphatic heterocycles. The first-order valence-corrected chi connectivity index (χ1v) is 5.47. The number of rotatable bonds is 5. The number of nitro groups is 1. The molecule has 1 aromatic rings. The van der Waals surface area contributed by atoms with Crippen LogP contribution in [0.15, 0.2) is 6.33 Å². The Morgan fingerprint density at radius 3 is 2.65 bits per heavy atom. The zero-order chi connectivity index (χ0) is 13.0. The monoisotopic (exact) mass is 239 g/mol. The van der Waals surface area contributed by atoms with Crippen LogP contribution >= 0.6 is 0 Å². The molecule has 0 amide bonds. The van der Waals surface area contributed by atoms with Crippen LogP contribution in [0.5, 0.6) is 0 Å². The normalized spacial score (nSPS) is 10.6. The van der Waals surface area contributed by atoms with Crippen LogP contribution in [-0.2, 0) is 0 Å². The second-order valence-corrected chi connectivity index (χ2v) is 4.12. The van der Waals surface area contributed by atoms with Crippen LogP contribution in [0.2, 0.25) is 0 Å². The third-order valence-electron chi connectivity index (χ3n) is 2.28. The summed E-state index contributed by atoms with van der Waals surface area (Å²) in [4.78, 5) is 19.9. The van der Waals surface area contributed by atoms with Gasteiger partial charge in [0.15, 0.2) is 0 Å². The van der Waals surface area contributed by atoms with Crippen molar-refractivity contribution in [2.75, 3.05) is 23.7 Å². The predicted molar refractivity (Wildman–Crippen MR) is 65.8 cm³/mol. The van der Waals surface area contributed by atoms with E-state index in [1.807, 2.05) is 25.7 Å². The Morgan fingerprint density at radius 1 is 1.53 bits per heavy atom. The molecule has 0 spiro atoms. The van der Waals surface area contributed by atoms with Crippen molar-refractivity contribution in [3.63, 3.8) is 0 Å². The minimum atomic E-state index is -0.534. The van der Waals surface area contributed by atoms with Gasteiger partial charge in [-0.1, -0.05) is 13.8 Å². The maximum atomic E-state index is 11.0. The van der Waals surface area contributed by atoms with Crippen LogP contribution in [0.1, 0.15) is 20.8 Å². The third-order valence-corrected chi connectivity index (χ3v) is 2.28. The Hall–Kier alpha value is -1.92. The van der Waals surface area contributed by atoms with Crippen molar-refractivity contribution < 1.29 is 4.92 Å². The van der Waals surface area contributed by atoms with E-state index in [0.717, 1.165) is 0 Å². The van der Waals surface area contributed by atoms with Gasteiger partial charge < -0.3 is 10.6 Å². The van der Waals surface area contributed by atoms with E-state index < -0.39 is 4.92 Å². The molecule has 94 valence electrons. The van der Waals surface area contributed by atoms with Gasteiger partial charge in [0.1, 0.15) is 6.33 Å². The quantitative estimate of drug-likeness (QED) is 0.616. The number of anilines is 2. The molecule has 1 rings (SSSR count). The second-order valence-electron chi connectivity index (χ2n) is 4.12. The molecule has 0 aliphatic rings. The third kappa shape index (κ3) is 3.02. The highest BCUT2D eigenvalue weighted by molar-refractivity contribution is 5.68. The van der Waals surface area contributed by atoms with Crippen molar-refractivity contribution >= 4 is 17.3 Å². The highest BCUT2D eigenvalue weighted by Crippen LogP contribution is 2.29. The molecule has 0 fully saturated rings. The summed E-state index contributed by atoms with van der Waals surface area (Å²) >= 11 is 0. The van der Waals surface area contributed by atoms with Gasteiger partial charge in [0.05, 0.1) is 4.92 Å². The number of nitrogen functional groups attached to an aromatic ring is 1. The van der Waals surface area contributed by atoms with E-state index in [4.69, 9.17) is 5.73 Å². The summed E-state index contributed by atoms with van der Waals surface area (Å²) in [6, 6.07) is 0. The number of aromatic nitrogens is 2. The molecule has 7 nitrogen and oxygen atoms in total. The highest BCUT2D eigenvalue weighted by atomic mass is 16.6. The summed E-state index contributed by atoms with van der Waals surface area (Å²) < 4.78 is 0. The topological polar surface area (TPSA) is 98.2 Å². The average molecular weight is 239 g/mol. The lowest BCUT2D eigenvalue weighted by atomic mass is 10.2. The number of nitrogens with two attached hydrogens (primary N) is 1. The summed E-state index contributed by atoms with van der Waals surface area (Å²) in [6.45, 7) is 7.33. The number of nitrogens with zero attached hydrogens (tertiary/aromatic N) is 4. The van der Waals surface area contributed by atoms with Gasteiger partial charge in [0.2, 0.25) is 11.6 Å². The molecule has 0 aromatic carbocycles. The SMILES string of the molecule is CCN(CC(C)C)c1ncnc(N)c1[N+](=O)[O-]. The Labute approximate surface area is 99.8 Å². The maximum Gasteiger partial charge on any atom is 0.353 e. The second kappa shape index (κ2) is 5.42. The standard InChI is InChI=1S/C10H17N5O2/c1-4-14(5-7(2)3)10-8(15(16)17)9(11)12-6-13-10/h6-7H,4-5H2,1-3H3,(H2,11,12,13). The van der Waals surface area contributed by atoms with Gasteiger partial charge in [-0.05, 0) is 12.8 Å². The van der Waals surface area contributed by atoms with E-state index in [-0.39, 0.29) is 11.5 Å². The van der Waals surface area contributed by atoms with Crippen LogP contribution in [-0.4, -0.2) is 28.0 Å². The molecule has 0 atom stereocenters. The van der Waals surface area contributed by atoms with Crippen LogP contribution in [0.4, 0.5) is 17.3 Å². The van der Waals surface area contributed by atoms with Crippen LogP contribution in [0, 0.1) is 16.0 Å². The van der Waals surface area contributed by atoms with Gasteiger partial charge in [-0.3, -0.25) is 10.1 Å². The zero-order valence-corrected chi connectivity index (χ0v) is 10.3. The van der Waals surface area contributed by atoms with Crippen molar-refractivity contribution in [3.8, 4) is 0 Å². The summed E-state index contributed by atoms with van der Waals surface area (Å²) in [5.41, 5.74) is 5.31. The van der Waals surface area contributed by atoms with Crippen LogP contribution in [0.25, 0.3) is 0 Å². The molecule has 17 heavy (non-hydrogen) atoms. The molecule has 0 unspecified atom stereocenters. The van der Waals surface area contributed by atoms with Crippen molar-refractivity contribution in [1.29, 1.82) is 0 Å². The smallest absolute Gasteiger partial charge is 0.353 e. The summed E-state index contributed by atoms with van der Waals surface area (Å²) in [5.74, 6) is 0.576. The van der Waals surface area contributed by atoms with Gasteiger partial charge >= 0.3 is 5.69 Å². The van der Waals surface area contributed by atoms with Gasteiger partial charge in [0.25, 0.3) is 0 Å². The van der Waals surface area contributed by atoms with E-state index in [9.17, 15) is 10.1 Å². The van der Waals surface area contributed by atoms with E-state index in [1.54, 1.807) is 0 Å². The predicted octanol–water partition coefficient (Wildman–Crippen LogP) is 1.45. The van der Waals surface area contributed by atoms with E-state index in [2.05, 4.69) is 9.97 Å². The summed E-state index contributed by atoms with van der Waals surface area (Å²) in [6.07, 6.45) is 1.25. The van der Waals surface area contributed by atoms with Gasteiger partial charge in [0, 0.05) is 13.1 Å². The fourth-order valence-electron chi connectivity index (χ4n) is 1.60. The maximum absolute atomic E-state index is 11.0. The molecule has 0 aliphatic carbocycles. The molecule has 1 heterocycles. The minimum Gasteiger partial charge on any atom is -0.378 e. The molecule has 0 radical (unpaired) electrons. The first-order valence-electron chi connectivity index (χ1n) is 5.47. The van der Waals surface area contributed by atoms with Crippen LogP contribution < -0.4 is 10.6 Å². The van der Waals surface area contributed by atoms with E-state index >= 15 is 0 Å². The van der Waals surface area contributed by atoms with Crippen molar-refractivity contribution in [1.82, 2.24) is 9.97 Å². The van der Waals surface area contributed by atoms with E-state index in [0.29, 0.717) is 24.8 Å². The lowest BCUT2D eigenvalue weighted by Gasteiger charge is -2.23. The van der Waals surface area contributed by atoms with Crippen molar-refractivity contribution in [2.24, 2.45) is 5.92 Å². The zero-order valence-electron chi connectivity index (χ0n) is 10.3. The summed E-state index contributed by atoms with van der Waals surface area (Å²) in [5, 5.41) is 11.0. The average Bonchev–Trinajstić information content (AvgIpc) is 2.24. The van der Waals surface area contributed by atoms with Crippen molar-refractivity contribution in [2.45, 2.75) is 20.8 Å². The van der Waals surface area contributed by atoms with E-state index in [1.165, 1.54) is 6.33 Å². The fourth-order valence-corrected chi connectivity index (χ4v) is 1.60. The minimum absolute atomic E-state index is 0.0952. The Balaban J connectivity index is 3.18. The number of hydrogen-bond acceptors (Lipinski definition) is 6. The van der Waals surface area contributed by atoms with Gasteiger partial charge in [-0.25, -0.2) is 9.97 Å². The largest absolute Gasteiger partial charge is 0.378 e. The van der Waals surface area contributed by atoms with Gasteiger partial charge in [-0.2, -0.15) is 0 Å². The molecule has 0 bridgehead atoms. The first-order chi connectivity index (χ1) is 7.97. The lowest BCUT2D eigenvalue weighted by Crippen LogP contribution is -2.29. The summed E-state index contributed by atoms with van der Waals surface area (Å²) in [7, 11) is 0. The molecular formula is C10H17N5O2. The molecule has 0 saturated carbocycles. The van der Waals surface area contributed by atoms with Crippen LogP contribution in [0.3, 0.4) is 0 Å². The molecule has 0 saturated heterocycles. The lowest BCUT2D eigenvalue weighted by molar-refractivity contribution is -0.383. The highest BCUT2D eigenvalue weighted by Gasteiger charge is 2.24. The Morgan fingerprint density at radius 2 is 2.18 bits per heavy atom. The Kier molecular flexibility index (Phi) is 4.19. The molecule has 2 N–H and O–H groups in total. The first kappa shape index (κ1) is 13.1.